The number of carbonyl (C=O) groups is 2. The van der Waals surface area contributed by atoms with Gasteiger partial charge in [-0.2, -0.15) is 12.6 Å². The van der Waals surface area contributed by atoms with Gasteiger partial charge in [0.15, 0.2) is 6.10 Å². The normalized spacial score (nSPS) is 19.8. The average molecular weight is 221 g/mol. The summed E-state index contributed by atoms with van der Waals surface area (Å²) in [5.74, 6) is 0.538. The summed E-state index contributed by atoms with van der Waals surface area (Å²) in [6.45, 7) is 0.561. The van der Waals surface area contributed by atoms with E-state index in [2.05, 4.69) is 27.4 Å². The third-order valence-corrected chi connectivity index (χ3v) is 1.66. The Morgan fingerprint density at radius 2 is 2.50 bits per heavy atom. The molecule has 0 aromatic heterocycles. The number of hydrogen-bond donors (Lipinski definition) is 2. The highest BCUT2D eigenvalue weighted by Crippen LogP contribution is 2.05. The molecule has 1 fully saturated rings. The molecule has 1 aliphatic rings. The SMILES string of the molecule is O=C(NCCS)OCC1COC(=O)O1. The molecule has 1 atom stereocenters. The van der Waals surface area contributed by atoms with Crippen LogP contribution in [-0.4, -0.2) is 43.9 Å². The van der Waals surface area contributed by atoms with Crippen LogP contribution in [0.25, 0.3) is 0 Å². The largest absolute Gasteiger partial charge is 0.508 e. The molecular weight excluding hydrogens is 210 g/mol. The number of ether oxygens (including phenoxy) is 3. The number of alkyl carbamates (subject to hydrolysis) is 1. The Morgan fingerprint density at radius 3 is 3.07 bits per heavy atom. The van der Waals surface area contributed by atoms with Gasteiger partial charge in [0.1, 0.15) is 13.2 Å². The molecule has 0 aliphatic carbocycles. The van der Waals surface area contributed by atoms with E-state index in [1.165, 1.54) is 0 Å². The number of rotatable bonds is 4. The molecule has 6 nitrogen and oxygen atoms in total. The van der Waals surface area contributed by atoms with Crippen molar-refractivity contribution in [3.05, 3.63) is 0 Å². The zero-order chi connectivity index (χ0) is 10.4. The van der Waals surface area contributed by atoms with Gasteiger partial charge < -0.3 is 19.5 Å². The summed E-state index contributed by atoms with van der Waals surface area (Å²) < 4.78 is 13.9. The number of carbonyl (C=O) groups excluding carboxylic acids is 2. The smallest absolute Gasteiger partial charge is 0.445 e. The van der Waals surface area contributed by atoms with Crippen molar-refractivity contribution in [3.63, 3.8) is 0 Å². The van der Waals surface area contributed by atoms with Crippen LogP contribution >= 0.6 is 12.6 Å². The zero-order valence-electron chi connectivity index (χ0n) is 7.39. The van der Waals surface area contributed by atoms with E-state index < -0.39 is 18.4 Å². The fourth-order valence-corrected chi connectivity index (χ4v) is 0.937. The summed E-state index contributed by atoms with van der Waals surface area (Å²) >= 11 is 3.90. The summed E-state index contributed by atoms with van der Waals surface area (Å²) in [5, 5.41) is 2.45. The monoisotopic (exact) mass is 221 g/mol. The second-order valence-electron chi connectivity index (χ2n) is 2.55. The highest BCUT2D eigenvalue weighted by atomic mass is 32.1. The van der Waals surface area contributed by atoms with Crippen LogP contribution in [0.2, 0.25) is 0 Å². The first kappa shape index (κ1) is 11.0. The van der Waals surface area contributed by atoms with Gasteiger partial charge in [0.05, 0.1) is 0 Å². The number of cyclic esters (lactones) is 2. The molecule has 14 heavy (non-hydrogen) atoms. The highest BCUT2D eigenvalue weighted by molar-refractivity contribution is 7.80. The number of hydrogen-bond acceptors (Lipinski definition) is 6. The lowest BCUT2D eigenvalue weighted by Gasteiger charge is -2.08. The van der Waals surface area contributed by atoms with Crippen LogP contribution in [0.3, 0.4) is 0 Å². The minimum absolute atomic E-state index is 0.00411. The van der Waals surface area contributed by atoms with Gasteiger partial charge in [0, 0.05) is 12.3 Å². The maximum atomic E-state index is 10.9. The first-order chi connectivity index (χ1) is 6.72. The summed E-state index contributed by atoms with van der Waals surface area (Å²) in [7, 11) is 0. The van der Waals surface area contributed by atoms with Crippen molar-refractivity contribution < 1.29 is 23.8 Å². The maximum absolute atomic E-state index is 10.9. The number of amides is 1. The van der Waals surface area contributed by atoms with E-state index in [1.54, 1.807) is 0 Å². The Bertz CT molecular complexity index is 222. The summed E-state index contributed by atoms with van der Waals surface area (Å²) in [4.78, 5) is 21.4. The minimum atomic E-state index is -0.727. The summed E-state index contributed by atoms with van der Waals surface area (Å²) in [5.41, 5.74) is 0. The average Bonchev–Trinajstić information content (AvgIpc) is 2.58. The molecule has 0 aromatic rings. The van der Waals surface area contributed by atoms with Gasteiger partial charge in [-0.15, -0.1) is 0 Å². The number of nitrogens with one attached hydrogen (secondary N) is 1. The first-order valence-electron chi connectivity index (χ1n) is 4.07. The van der Waals surface area contributed by atoms with Crippen molar-refractivity contribution in [2.24, 2.45) is 0 Å². The lowest BCUT2D eigenvalue weighted by Crippen LogP contribution is -2.30. The van der Waals surface area contributed by atoms with Crippen molar-refractivity contribution in [2.45, 2.75) is 6.10 Å². The van der Waals surface area contributed by atoms with Gasteiger partial charge in [-0.1, -0.05) is 0 Å². The molecule has 1 heterocycles. The van der Waals surface area contributed by atoms with Crippen molar-refractivity contribution in [1.29, 1.82) is 0 Å². The second-order valence-corrected chi connectivity index (χ2v) is 3.00. The lowest BCUT2D eigenvalue weighted by atomic mass is 10.4. The van der Waals surface area contributed by atoms with Crippen LogP contribution in [0.15, 0.2) is 0 Å². The van der Waals surface area contributed by atoms with Crippen LogP contribution < -0.4 is 5.32 Å². The molecular formula is C7H11NO5S. The molecule has 0 aromatic carbocycles. The number of thiol groups is 1. The molecule has 1 N–H and O–H groups in total. The molecule has 7 heteroatoms. The lowest BCUT2D eigenvalue weighted by molar-refractivity contribution is 0.0730. The van der Waals surface area contributed by atoms with Crippen LogP contribution in [-0.2, 0) is 14.2 Å². The van der Waals surface area contributed by atoms with E-state index >= 15 is 0 Å². The van der Waals surface area contributed by atoms with Gasteiger partial charge in [-0.3, -0.25) is 0 Å². The van der Waals surface area contributed by atoms with E-state index in [9.17, 15) is 9.59 Å². The quantitative estimate of drug-likeness (QED) is 0.523. The Hall–Kier alpha value is -1.11. The standard InChI is InChI=1S/C7H11NO5S/c9-6(8-1-2-14)11-3-5-4-12-7(10)13-5/h5,14H,1-4H2,(H,8,9). The summed E-state index contributed by atoms with van der Waals surface area (Å²) in [6, 6.07) is 0. The predicted octanol–water partition coefficient (Wildman–Crippen LogP) is 0.178. The third-order valence-electron chi connectivity index (χ3n) is 1.43. The van der Waals surface area contributed by atoms with Gasteiger partial charge in [0.2, 0.25) is 0 Å². The first-order valence-corrected chi connectivity index (χ1v) is 4.70. The molecule has 1 saturated heterocycles. The summed E-state index contributed by atoms with van der Waals surface area (Å²) in [6.07, 6.45) is -1.78. The van der Waals surface area contributed by atoms with Crippen molar-refractivity contribution >= 4 is 24.9 Å². The molecule has 0 saturated carbocycles. The van der Waals surface area contributed by atoms with E-state index in [-0.39, 0.29) is 13.2 Å². The molecule has 1 amide bonds. The van der Waals surface area contributed by atoms with Crippen LogP contribution in [0.4, 0.5) is 9.59 Å². The molecule has 80 valence electrons. The predicted molar refractivity (Wildman–Crippen MR) is 49.4 cm³/mol. The third kappa shape index (κ3) is 3.73. The van der Waals surface area contributed by atoms with Crippen molar-refractivity contribution in [3.8, 4) is 0 Å². The van der Waals surface area contributed by atoms with Crippen molar-refractivity contribution in [2.75, 3.05) is 25.5 Å². The topological polar surface area (TPSA) is 73.9 Å². The van der Waals surface area contributed by atoms with Crippen LogP contribution in [0.1, 0.15) is 0 Å². The van der Waals surface area contributed by atoms with E-state index in [0.29, 0.717) is 12.3 Å². The van der Waals surface area contributed by atoms with Crippen molar-refractivity contribution in [1.82, 2.24) is 5.32 Å². The minimum Gasteiger partial charge on any atom is -0.445 e. The van der Waals surface area contributed by atoms with E-state index in [1.807, 2.05) is 0 Å². The Labute approximate surface area is 86.3 Å². The highest BCUT2D eigenvalue weighted by Gasteiger charge is 2.26. The Kier molecular flexibility index (Phi) is 4.37. The molecule has 1 aliphatic heterocycles. The second kappa shape index (κ2) is 5.58. The maximum Gasteiger partial charge on any atom is 0.508 e. The van der Waals surface area contributed by atoms with E-state index in [4.69, 9.17) is 4.74 Å². The van der Waals surface area contributed by atoms with E-state index in [0.717, 1.165) is 0 Å². The Balaban J connectivity index is 2.08. The zero-order valence-corrected chi connectivity index (χ0v) is 8.29. The molecule has 0 spiro atoms. The van der Waals surface area contributed by atoms with Gasteiger partial charge in [0.25, 0.3) is 0 Å². The van der Waals surface area contributed by atoms with Gasteiger partial charge >= 0.3 is 12.2 Å². The van der Waals surface area contributed by atoms with Gasteiger partial charge in [-0.25, -0.2) is 9.59 Å². The van der Waals surface area contributed by atoms with Crippen LogP contribution in [0.5, 0.6) is 0 Å². The molecule has 0 bridgehead atoms. The Morgan fingerprint density at radius 1 is 1.71 bits per heavy atom. The van der Waals surface area contributed by atoms with Crippen LogP contribution in [0, 0.1) is 0 Å². The van der Waals surface area contributed by atoms with Gasteiger partial charge in [-0.05, 0) is 0 Å². The molecule has 1 unspecified atom stereocenters. The fraction of sp³-hybridized carbons (Fsp3) is 0.714. The fourth-order valence-electron chi connectivity index (χ4n) is 0.825. The molecule has 0 radical (unpaired) electrons. The molecule has 1 rings (SSSR count).